The van der Waals surface area contributed by atoms with E-state index in [1.54, 1.807) is 12.1 Å². The molecule has 6 heteroatoms. The second-order valence-electron chi connectivity index (χ2n) is 4.79. The molecule has 3 rings (SSSR count). The summed E-state index contributed by atoms with van der Waals surface area (Å²) in [5, 5.41) is 12.1. The molecule has 20 heavy (non-hydrogen) atoms. The lowest BCUT2D eigenvalue weighted by atomic mass is 10.1. The maximum absolute atomic E-state index is 12.5. The Bertz CT molecular complexity index is 740. The summed E-state index contributed by atoms with van der Waals surface area (Å²) < 4.78 is 5.49. The van der Waals surface area contributed by atoms with Gasteiger partial charge >= 0.3 is 5.97 Å². The fourth-order valence-electron chi connectivity index (χ4n) is 2.23. The van der Waals surface area contributed by atoms with E-state index in [1.165, 1.54) is 18.0 Å². The van der Waals surface area contributed by atoms with Gasteiger partial charge in [-0.15, -0.1) is 11.8 Å². The number of benzene rings is 1. The number of carboxylic acids is 1. The molecule has 1 unspecified atom stereocenters. The van der Waals surface area contributed by atoms with E-state index in [4.69, 9.17) is 9.52 Å². The van der Waals surface area contributed by atoms with Gasteiger partial charge in [-0.3, -0.25) is 14.9 Å². The van der Waals surface area contributed by atoms with Crippen LogP contribution in [0.2, 0.25) is 0 Å². The number of fused-ring (bicyclic) bond motifs is 1. The minimum atomic E-state index is -0.902. The van der Waals surface area contributed by atoms with Crippen molar-refractivity contribution in [3.05, 3.63) is 45.8 Å². The smallest absolute Gasteiger partial charge is 0.321 e. The molecule has 2 heterocycles. The zero-order chi connectivity index (χ0) is 14.3. The summed E-state index contributed by atoms with van der Waals surface area (Å²) in [6, 6.07) is 4.82. The summed E-state index contributed by atoms with van der Waals surface area (Å²) in [4.78, 5) is 23.4. The average Bonchev–Trinajstić information content (AvgIpc) is 2.89. The van der Waals surface area contributed by atoms with Crippen molar-refractivity contribution in [2.45, 2.75) is 18.3 Å². The first kappa shape index (κ1) is 13.2. The Kier molecular flexibility index (Phi) is 3.27. The van der Waals surface area contributed by atoms with Gasteiger partial charge in [0, 0.05) is 5.75 Å². The van der Waals surface area contributed by atoms with Crippen molar-refractivity contribution in [3.8, 4) is 0 Å². The van der Waals surface area contributed by atoms with Gasteiger partial charge in [-0.2, -0.15) is 0 Å². The van der Waals surface area contributed by atoms with Crippen molar-refractivity contribution in [2.24, 2.45) is 0 Å². The molecular weight excluding hydrogens is 278 g/mol. The van der Waals surface area contributed by atoms with Gasteiger partial charge in [-0.25, -0.2) is 0 Å². The topological polar surface area (TPSA) is 79.5 Å². The lowest BCUT2D eigenvalue weighted by molar-refractivity contribution is -0.138. The summed E-state index contributed by atoms with van der Waals surface area (Å²) in [5.41, 5.74) is 1.89. The molecular formula is C14H13NO4S. The van der Waals surface area contributed by atoms with Crippen LogP contribution in [0, 0.1) is 6.92 Å². The van der Waals surface area contributed by atoms with Gasteiger partial charge in [-0.05, 0) is 19.1 Å². The number of aryl methyl sites for hydroxylation is 1. The van der Waals surface area contributed by atoms with Crippen molar-refractivity contribution in [2.75, 3.05) is 5.75 Å². The Balaban J connectivity index is 2.03. The maximum Gasteiger partial charge on any atom is 0.321 e. The molecule has 2 N–H and O–H groups in total. The van der Waals surface area contributed by atoms with Crippen LogP contribution in [0.3, 0.4) is 0 Å². The van der Waals surface area contributed by atoms with E-state index in [9.17, 15) is 9.59 Å². The summed E-state index contributed by atoms with van der Waals surface area (Å²) in [6.07, 6.45) is 1.43. The first-order valence-electron chi connectivity index (χ1n) is 6.19. The van der Waals surface area contributed by atoms with Crippen LogP contribution in [0.5, 0.6) is 0 Å². The second kappa shape index (κ2) is 4.96. The van der Waals surface area contributed by atoms with Crippen LogP contribution < -0.4 is 10.7 Å². The minimum absolute atomic E-state index is 0.106. The van der Waals surface area contributed by atoms with Crippen LogP contribution in [0.25, 0.3) is 11.0 Å². The SMILES string of the molecule is Cc1ccc2occ(C3N[C@H](C(=O)O)CS3)c(=O)c2c1. The van der Waals surface area contributed by atoms with E-state index < -0.39 is 12.0 Å². The number of carboxylic acid groups (broad SMARTS) is 1. The lowest BCUT2D eigenvalue weighted by Gasteiger charge is -2.10. The van der Waals surface area contributed by atoms with Crippen LogP contribution in [-0.4, -0.2) is 22.9 Å². The molecule has 2 atom stereocenters. The summed E-state index contributed by atoms with van der Waals surface area (Å²) in [6.45, 7) is 1.91. The molecule has 0 bridgehead atoms. The number of hydrogen-bond acceptors (Lipinski definition) is 5. The predicted octanol–water partition coefficient (Wildman–Crippen LogP) is 1.89. The van der Waals surface area contributed by atoms with Gasteiger partial charge < -0.3 is 9.52 Å². The number of rotatable bonds is 2. The fraction of sp³-hybridized carbons (Fsp3) is 0.286. The molecule has 0 saturated carbocycles. The van der Waals surface area contributed by atoms with Gasteiger partial charge in [0.1, 0.15) is 17.9 Å². The molecule has 0 spiro atoms. The Hall–Kier alpha value is -1.79. The normalized spacial score (nSPS) is 22.2. The number of aliphatic carboxylic acids is 1. The number of carbonyl (C=O) groups is 1. The van der Waals surface area contributed by atoms with Crippen LogP contribution in [0.15, 0.2) is 33.7 Å². The molecule has 1 aromatic carbocycles. The van der Waals surface area contributed by atoms with Gasteiger partial charge in [0.25, 0.3) is 0 Å². The molecule has 0 radical (unpaired) electrons. The summed E-state index contributed by atoms with van der Waals surface area (Å²) in [5.74, 6) is -0.466. The zero-order valence-electron chi connectivity index (χ0n) is 10.8. The van der Waals surface area contributed by atoms with Gasteiger partial charge in [0.2, 0.25) is 0 Å². The maximum atomic E-state index is 12.5. The van der Waals surface area contributed by atoms with Crippen molar-refractivity contribution in [1.82, 2.24) is 5.32 Å². The molecule has 1 aliphatic heterocycles. The molecule has 1 saturated heterocycles. The Morgan fingerprint density at radius 2 is 2.30 bits per heavy atom. The van der Waals surface area contributed by atoms with Gasteiger partial charge in [0.05, 0.1) is 16.3 Å². The van der Waals surface area contributed by atoms with E-state index in [1.807, 2.05) is 13.0 Å². The first-order chi connectivity index (χ1) is 9.56. The number of nitrogens with one attached hydrogen (secondary N) is 1. The summed E-state index contributed by atoms with van der Waals surface area (Å²) in [7, 11) is 0. The van der Waals surface area contributed by atoms with Crippen molar-refractivity contribution >= 4 is 28.7 Å². The van der Waals surface area contributed by atoms with Crippen molar-refractivity contribution < 1.29 is 14.3 Å². The van der Waals surface area contributed by atoms with E-state index in [0.29, 0.717) is 22.3 Å². The zero-order valence-corrected chi connectivity index (χ0v) is 11.6. The molecule has 104 valence electrons. The Labute approximate surface area is 119 Å². The highest BCUT2D eigenvalue weighted by atomic mass is 32.2. The highest BCUT2D eigenvalue weighted by molar-refractivity contribution is 7.99. The van der Waals surface area contributed by atoms with Crippen LogP contribution in [-0.2, 0) is 4.79 Å². The third kappa shape index (κ3) is 2.21. The quantitative estimate of drug-likeness (QED) is 0.879. The van der Waals surface area contributed by atoms with E-state index in [2.05, 4.69) is 5.32 Å². The Morgan fingerprint density at radius 1 is 1.50 bits per heavy atom. The van der Waals surface area contributed by atoms with Crippen LogP contribution in [0.1, 0.15) is 16.5 Å². The van der Waals surface area contributed by atoms with E-state index in [-0.39, 0.29) is 10.8 Å². The minimum Gasteiger partial charge on any atom is -0.480 e. The van der Waals surface area contributed by atoms with Crippen LogP contribution >= 0.6 is 11.8 Å². The Morgan fingerprint density at radius 3 is 3.00 bits per heavy atom. The molecule has 0 amide bonds. The predicted molar refractivity (Wildman–Crippen MR) is 77.0 cm³/mol. The van der Waals surface area contributed by atoms with Crippen molar-refractivity contribution in [3.63, 3.8) is 0 Å². The number of thioether (sulfide) groups is 1. The standard InChI is InChI=1S/C14H13NO4S/c1-7-2-3-11-8(4-7)12(16)9(5-19-11)13-15-10(6-20-13)14(17)18/h2-5,10,13,15H,6H2,1H3,(H,17,18)/t10-,13?/m0/s1. The lowest BCUT2D eigenvalue weighted by Crippen LogP contribution is -2.34. The third-order valence-electron chi connectivity index (χ3n) is 3.32. The second-order valence-corrected chi connectivity index (χ2v) is 5.93. The van der Waals surface area contributed by atoms with Gasteiger partial charge in [0.15, 0.2) is 5.43 Å². The summed E-state index contributed by atoms with van der Waals surface area (Å²) >= 11 is 1.41. The third-order valence-corrected chi connectivity index (χ3v) is 4.57. The largest absolute Gasteiger partial charge is 0.480 e. The fourth-order valence-corrected chi connectivity index (χ4v) is 3.46. The van der Waals surface area contributed by atoms with Crippen LogP contribution in [0.4, 0.5) is 0 Å². The molecule has 2 aromatic rings. The number of hydrogen-bond donors (Lipinski definition) is 2. The highest BCUT2D eigenvalue weighted by Crippen LogP contribution is 2.32. The molecule has 0 aliphatic carbocycles. The first-order valence-corrected chi connectivity index (χ1v) is 7.23. The molecule has 5 nitrogen and oxygen atoms in total. The monoisotopic (exact) mass is 291 g/mol. The average molecular weight is 291 g/mol. The van der Waals surface area contributed by atoms with Gasteiger partial charge in [-0.1, -0.05) is 11.6 Å². The van der Waals surface area contributed by atoms with E-state index >= 15 is 0 Å². The molecule has 1 aromatic heterocycles. The highest BCUT2D eigenvalue weighted by Gasteiger charge is 2.32. The van der Waals surface area contributed by atoms with Crippen molar-refractivity contribution in [1.29, 1.82) is 0 Å². The van der Waals surface area contributed by atoms with E-state index in [0.717, 1.165) is 5.56 Å². The molecule has 1 fully saturated rings. The molecule has 1 aliphatic rings.